The molecular formula is C19H27N5OS. The largest absolute Gasteiger partial charge is 0.338 e. The number of urea groups is 1. The first-order chi connectivity index (χ1) is 12.8. The van der Waals surface area contributed by atoms with Crippen molar-refractivity contribution in [3.8, 4) is 0 Å². The first-order valence-electron chi connectivity index (χ1n) is 9.74. The molecule has 1 saturated heterocycles. The van der Waals surface area contributed by atoms with Crippen LogP contribution in [0.25, 0.3) is 0 Å². The van der Waals surface area contributed by atoms with Gasteiger partial charge < -0.3 is 14.8 Å². The Balaban J connectivity index is 1.23. The number of imidazole rings is 1. The van der Waals surface area contributed by atoms with Gasteiger partial charge in [0.15, 0.2) is 0 Å². The van der Waals surface area contributed by atoms with Gasteiger partial charge in [-0.1, -0.05) is 0 Å². The van der Waals surface area contributed by atoms with Crippen LogP contribution >= 0.6 is 11.3 Å². The lowest BCUT2D eigenvalue weighted by Crippen LogP contribution is -2.46. The monoisotopic (exact) mass is 373 g/mol. The van der Waals surface area contributed by atoms with Crippen molar-refractivity contribution in [2.75, 3.05) is 19.6 Å². The van der Waals surface area contributed by atoms with E-state index in [1.54, 1.807) is 0 Å². The average Bonchev–Trinajstić information content (AvgIpc) is 3.31. The first kappa shape index (κ1) is 17.5. The van der Waals surface area contributed by atoms with Gasteiger partial charge in [0.05, 0.1) is 17.0 Å². The number of carbonyl (C=O) groups excluding carboxylic acids is 1. The lowest BCUT2D eigenvalue weighted by Gasteiger charge is -2.32. The molecule has 1 N–H and O–H groups in total. The minimum absolute atomic E-state index is 0.0710. The Kier molecular flexibility index (Phi) is 5.53. The van der Waals surface area contributed by atoms with Gasteiger partial charge in [0.25, 0.3) is 0 Å². The van der Waals surface area contributed by atoms with Gasteiger partial charge in [-0.15, -0.1) is 11.3 Å². The van der Waals surface area contributed by atoms with E-state index in [2.05, 4.69) is 14.9 Å². The first-order valence-corrected chi connectivity index (χ1v) is 10.6. The second-order valence-corrected chi connectivity index (χ2v) is 8.55. The summed E-state index contributed by atoms with van der Waals surface area (Å²) >= 11 is 1.84. The van der Waals surface area contributed by atoms with Crippen LogP contribution in [0.1, 0.15) is 41.3 Å². The molecule has 140 valence electrons. The van der Waals surface area contributed by atoms with Crippen molar-refractivity contribution in [2.24, 2.45) is 5.92 Å². The highest BCUT2D eigenvalue weighted by molar-refractivity contribution is 7.11. The molecule has 2 aliphatic rings. The van der Waals surface area contributed by atoms with E-state index in [0.717, 1.165) is 38.9 Å². The van der Waals surface area contributed by atoms with E-state index in [1.165, 1.54) is 41.3 Å². The predicted molar refractivity (Wildman–Crippen MR) is 102 cm³/mol. The van der Waals surface area contributed by atoms with Crippen molar-refractivity contribution in [3.63, 3.8) is 0 Å². The Bertz CT molecular complexity index is 703. The minimum atomic E-state index is 0.0710. The number of aryl methyl sites for hydroxylation is 2. The molecule has 2 aromatic heterocycles. The molecule has 2 amide bonds. The quantitative estimate of drug-likeness (QED) is 0.876. The zero-order valence-electron chi connectivity index (χ0n) is 15.2. The molecule has 1 aliphatic carbocycles. The number of thiazole rings is 1. The van der Waals surface area contributed by atoms with Crippen LogP contribution < -0.4 is 5.32 Å². The number of carbonyl (C=O) groups is 1. The van der Waals surface area contributed by atoms with Gasteiger partial charge in [0.2, 0.25) is 0 Å². The zero-order chi connectivity index (χ0) is 17.8. The van der Waals surface area contributed by atoms with Crippen molar-refractivity contribution < 1.29 is 4.79 Å². The summed E-state index contributed by atoms with van der Waals surface area (Å²) in [5.74, 6) is 0.509. The topological polar surface area (TPSA) is 63.1 Å². The molecule has 6 nitrogen and oxygen atoms in total. The number of rotatable bonds is 5. The van der Waals surface area contributed by atoms with Crippen LogP contribution in [0.2, 0.25) is 0 Å². The third-order valence-electron chi connectivity index (χ3n) is 5.34. The van der Waals surface area contributed by atoms with Gasteiger partial charge in [-0.3, -0.25) is 0 Å². The lowest BCUT2D eigenvalue weighted by atomic mass is 9.98. The van der Waals surface area contributed by atoms with Crippen LogP contribution in [-0.2, 0) is 25.8 Å². The summed E-state index contributed by atoms with van der Waals surface area (Å²) in [6.45, 7) is 3.30. The zero-order valence-corrected chi connectivity index (χ0v) is 16.0. The van der Waals surface area contributed by atoms with Gasteiger partial charge in [0.1, 0.15) is 0 Å². The maximum absolute atomic E-state index is 12.5. The molecule has 2 aromatic rings. The smallest absolute Gasteiger partial charge is 0.317 e. The summed E-state index contributed by atoms with van der Waals surface area (Å²) < 4.78 is 2.11. The second kappa shape index (κ2) is 8.20. The molecule has 4 rings (SSSR count). The number of likely N-dealkylation sites (tertiary alicyclic amines) is 1. The van der Waals surface area contributed by atoms with Crippen molar-refractivity contribution >= 4 is 17.4 Å². The molecule has 3 heterocycles. The number of hydrogen-bond acceptors (Lipinski definition) is 4. The number of piperidine rings is 1. The molecule has 1 atom stereocenters. The normalized spacial score (nSPS) is 20.0. The van der Waals surface area contributed by atoms with Crippen molar-refractivity contribution in [1.29, 1.82) is 0 Å². The Labute approximate surface area is 158 Å². The van der Waals surface area contributed by atoms with Gasteiger partial charge in [-0.05, 0) is 44.4 Å². The van der Waals surface area contributed by atoms with E-state index in [9.17, 15) is 4.79 Å². The Morgan fingerprint density at radius 3 is 3.08 bits per heavy atom. The highest BCUT2D eigenvalue weighted by atomic mass is 32.1. The molecule has 1 unspecified atom stereocenters. The van der Waals surface area contributed by atoms with Crippen molar-refractivity contribution in [1.82, 2.24) is 24.8 Å². The summed E-state index contributed by atoms with van der Waals surface area (Å²) in [6.07, 6.45) is 13.6. The van der Waals surface area contributed by atoms with E-state index < -0.39 is 0 Å². The minimum Gasteiger partial charge on any atom is -0.338 e. The van der Waals surface area contributed by atoms with Crippen LogP contribution in [0, 0.1) is 5.92 Å². The van der Waals surface area contributed by atoms with Crippen LogP contribution in [0.3, 0.4) is 0 Å². The summed E-state index contributed by atoms with van der Waals surface area (Å²) in [4.78, 5) is 24.8. The molecule has 1 aliphatic heterocycles. The fraction of sp³-hybridized carbons (Fsp3) is 0.632. The molecule has 0 spiro atoms. The van der Waals surface area contributed by atoms with E-state index in [1.807, 2.05) is 35.0 Å². The number of aromatic nitrogens is 3. The molecule has 0 radical (unpaired) electrons. The molecule has 26 heavy (non-hydrogen) atoms. The number of fused-ring (bicyclic) bond motifs is 1. The Morgan fingerprint density at radius 1 is 1.31 bits per heavy atom. The van der Waals surface area contributed by atoms with Crippen molar-refractivity contribution in [2.45, 2.75) is 51.5 Å². The van der Waals surface area contributed by atoms with Gasteiger partial charge in [-0.25, -0.2) is 14.8 Å². The highest BCUT2D eigenvalue weighted by Crippen LogP contribution is 2.26. The highest BCUT2D eigenvalue weighted by Gasteiger charge is 2.23. The lowest BCUT2D eigenvalue weighted by molar-refractivity contribution is 0.159. The van der Waals surface area contributed by atoms with Crippen LogP contribution in [0.5, 0.6) is 0 Å². The molecule has 0 aromatic carbocycles. The Morgan fingerprint density at radius 2 is 2.23 bits per heavy atom. The summed E-state index contributed by atoms with van der Waals surface area (Å²) in [5.41, 5.74) is 1.31. The van der Waals surface area contributed by atoms with Gasteiger partial charge in [-0.2, -0.15) is 0 Å². The standard InChI is InChI=1S/C19H27N5OS/c25-19(21-8-7-18-22-16-5-1-2-6-17(16)26-18)24-10-3-4-15(13-24)12-23-11-9-20-14-23/h9,11,14-15H,1-8,10,12-13H2,(H,21,25). The maximum Gasteiger partial charge on any atom is 0.317 e. The SMILES string of the molecule is O=C(NCCc1nc2c(s1)CCCC2)N1CCCC(Cn2ccnc2)C1. The number of hydrogen-bond donors (Lipinski definition) is 1. The summed E-state index contributed by atoms with van der Waals surface area (Å²) in [6, 6.07) is 0.0710. The van der Waals surface area contributed by atoms with E-state index >= 15 is 0 Å². The molecule has 0 saturated carbocycles. The van der Waals surface area contributed by atoms with Crippen molar-refractivity contribution in [3.05, 3.63) is 34.3 Å². The number of nitrogens with one attached hydrogen (secondary N) is 1. The third kappa shape index (κ3) is 4.26. The van der Waals surface area contributed by atoms with E-state index in [-0.39, 0.29) is 6.03 Å². The van der Waals surface area contributed by atoms with Crippen LogP contribution in [0.15, 0.2) is 18.7 Å². The fourth-order valence-electron chi connectivity index (χ4n) is 3.99. The van der Waals surface area contributed by atoms with Gasteiger partial charge >= 0.3 is 6.03 Å². The van der Waals surface area contributed by atoms with Gasteiger partial charge in [0, 0.05) is 49.9 Å². The third-order valence-corrected chi connectivity index (χ3v) is 6.56. The molecule has 1 fully saturated rings. The second-order valence-electron chi connectivity index (χ2n) is 7.38. The summed E-state index contributed by atoms with van der Waals surface area (Å²) in [7, 11) is 0. The Hall–Kier alpha value is -1.89. The molecule has 0 bridgehead atoms. The number of amides is 2. The molecule has 7 heteroatoms. The molecular weight excluding hydrogens is 346 g/mol. The predicted octanol–water partition coefficient (Wildman–Crippen LogP) is 2.88. The average molecular weight is 374 g/mol. The fourth-order valence-corrected chi connectivity index (χ4v) is 5.15. The summed E-state index contributed by atoms with van der Waals surface area (Å²) in [5, 5.41) is 4.27. The van der Waals surface area contributed by atoms with Crippen LogP contribution in [0.4, 0.5) is 4.79 Å². The van der Waals surface area contributed by atoms with Crippen LogP contribution in [-0.4, -0.2) is 45.1 Å². The van der Waals surface area contributed by atoms with E-state index in [0.29, 0.717) is 12.5 Å². The maximum atomic E-state index is 12.5. The number of nitrogens with zero attached hydrogens (tertiary/aromatic N) is 4. The van der Waals surface area contributed by atoms with E-state index in [4.69, 9.17) is 4.98 Å².